The Morgan fingerprint density at radius 3 is 2.50 bits per heavy atom. The lowest BCUT2D eigenvalue weighted by Gasteiger charge is -2.30. The highest BCUT2D eigenvalue weighted by molar-refractivity contribution is 7.19. The predicted octanol–water partition coefficient (Wildman–Crippen LogP) is 1.86. The van der Waals surface area contributed by atoms with E-state index < -0.39 is 0 Å². The maximum Gasteiger partial charge on any atom is 0.182 e. The molecule has 2 N–H and O–H groups in total. The van der Waals surface area contributed by atoms with Crippen LogP contribution in [0.2, 0.25) is 0 Å². The van der Waals surface area contributed by atoms with Crippen LogP contribution in [0, 0.1) is 0 Å². The highest BCUT2D eigenvalue weighted by Crippen LogP contribution is 2.37. The maximum atomic E-state index is 5.83. The summed E-state index contributed by atoms with van der Waals surface area (Å²) in [5.74, 6) is 0. The van der Waals surface area contributed by atoms with Crippen molar-refractivity contribution >= 4 is 21.5 Å². The van der Waals surface area contributed by atoms with E-state index in [1.54, 1.807) is 11.3 Å². The minimum absolute atomic E-state index is 0.0434. The third-order valence-electron chi connectivity index (χ3n) is 2.63. The summed E-state index contributed by atoms with van der Waals surface area (Å²) >= 11 is 1.58. The van der Waals surface area contributed by atoms with Gasteiger partial charge in [0.15, 0.2) is 5.13 Å². The molecule has 0 aromatic carbocycles. The molecule has 1 fully saturated rings. The highest BCUT2D eigenvalue weighted by atomic mass is 32.1. The molecule has 1 aromatic rings. The molecular formula is C11H19N3OS. The molecule has 0 unspecified atom stereocenters. The zero-order chi connectivity index (χ0) is 11.8. The summed E-state index contributed by atoms with van der Waals surface area (Å²) in [6.45, 7) is 9.97. The van der Waals surface area contributed by atoms with Crippen LogP contribution in [0.5, 0.6) is 0 Å². The van der Waals surface area contributed by atoms with Crippen molar-refractivity contribution in [2.45, 2.75) is 26.2 Å². The number of ether oxygens (including phenoxy) is 1. The van der Waals surface area contributed by atoms with E-state index >= 15 is 0 Å². The molecular weight excluding hydrogens is 222 g/mol. The molecule has 0 atom stereocenters. The van der Waals surface area contributed by atoms with Crippen molar-refractivity contribution in [2.75, 3.05) is 36.9 Å². The molecule has 5 heteroatoms. The van der Waals surface area contributed by atoms with Gasteiger partial charge >= 0.3 is 0 Å². The van der Waals surface area contributed by atoms with Crippen molar-refractivity contribution in [3.63, 3.8) is 0 Å². The van der Waals surface area contributed by atoms with Gasteiger partial charge in [0.25, 0.3) is 0 Å². The van der Waals surface area contributed by atoms with E-state index in [0.717, 1.165) is 32.0 Å². The van der Waals surface area contributed by atoms with Gasteiger partial charge in [-0.3, -0.25) is 0 Å². The maximum absolute atomic E-state index is 5.83. The summed E-state index contributed by atoms with van der Waals surface area (Å²) < 4.78 is 5.36. The number of hydrogen-bond acceptors (Lipinski definition) is 5. The van der Waals surface area contributed by atoms with E-state index in [0.29, 0.717) is 5.13 Å². The average Bonchev–Trinajstić information content (AvgIpc) is 2.61. The number of rotatable bonds is 1. The van der Waals surface area contributed by atoms with E-state index in [1.807, 2.05) is 0 Å². The minimum Gasteiger partial charge on any atom is -0.378 e. The van der Waals surface area contributed by atoms with Crippen LogP contribution in [0.1, 0.15) is 26.5 Å². The predicted molar refractivity (Wildman–Crippen MR) is 68.3 cm³/mol. The number of morpholine rings is 1. The lowest BCUT2D eigenvalue weighted by Crippen LogP contribution is -2.37. The molecule has 0 spiro atoms. The number of nitrogens with zero attached hydrogens (tertiary/aromatic N) is 2. The largest absolute Gasteiger partial charge is 0.378 e. The average molecular weight is 241 g/mol. The zero-order valence-corrected chi connectivity index (χ0v) is 10.9. The van der Waals surface area contributed by atoms with Gasteiger partial charge in [-0.15, -0.1) is 0 Å². The second kappa shape index (κ2) is 4.22. The molecule has 1 aliphatic heterocycles. The Labute approximate surface area is 100 Å². The van der Waals surface area contributed by atoms with E-state index in [1.165, 1.54) is 5.00 Å². The number of thiazole rings is 1. The fraction of sp³-hybridized carbons (Fsp3) is 0.727. The van der Waals surface area contributed by atoms with Gasteiger partial charge in [0.2, 0.25) is 0 Å². The van der Waals surface area contributed by atoms with Gasteiger partial charge in [-0.1, -0.05) is 32.1 Å². The Morgan fingerprint density at radius 1 is 1.31 bits per heavy atom. The van der Waals surface area contributed by atoms with Gasteiger partial charge in [-0.2, -0.15) is 0 Å². The van der Waals surface area contributed by atoms with Crippen molar-refractivity contribution < 1.29 is 4.74 Å². The Kier molecular flexibility index (Phi) is 3.08. The Morgan fingerprint density at radius 2 is 1.94 bits per heavy atom. The van der Waals surface area contributed by atoms with E-state index in [2.05, 4.69) is 30.7 Å². The van der Waals surface area contributed by atoms with Crippen LogP contribution in [0.25, 0.3) is 0 Å². The third-order valence-corrected chi connectivity index (χ3v) is 3.58. The first-order valence-corrected chi connectivity index (χ1v) is 6.39. The molecule has 4 nitrogen and oxygen atoms in total. The van der Waals surface area contributed by atoms with Gasteiger partial charge in [0.05, 0.1) is 18.9 Å². The summed E-state index contributed by atoms with van der Waals surface area (Å²) in [5, 5.41) is 1.87. The van der Waals surface area contributed by atoms with Crippen LogP contribution in [0.15, 0.2) is 0 Å². The molecule has 2 heterocycles. The van der Waals surface area contributed by atoms with Crippen molar-refractivity contribution in [2.24, 2.45) is 0 Å². The third kappa shape index (κ3) is 2.30. The van der Waals surface area contributed by atoms with Crippen molar-refractivity contribution in [1.29, 1.82) is 0 Å². The van der Waals surface area contributed by atoms with Gasteiger partial charge in [0, 0.05) is 18.5 Å². The first kappa shape index (κ1) is 11.7. The van der Waals surface area contributed by atoms with Crippen LogP contribution in [0.4, 0.5) is 10.1 Å². The van der Waals surface area contributed by atoms with Crippen molar-refractivity contribution in [1.82, 2.24) is 4.98 Å². The van der Waals surface area contributed by atoms with Gasteiger partial charge < -0.3 is 15.4 Å². The Bertz CT molecular complexity index is 364. The smallest absolute Gasteiger partial charge is 0.182 e. The molecule has 1 aromatic heterocycles. The van der Waals surface area contributed by atoms with Crippen molar-refractivity contribution in [3.8, 4) is 0 Å². The van der Waals surface area contributed by atoms with E-state index in [4.69, 9.17) is 10.5 Å². The second-order valence-electron chi connectivity index (χ2n) is 5.06. The highest BCUT2D eigenvalue weighted by Gasteiger charge is 2.26. The number of aromatic nitrogens is 1. The molecule has 1 saturated heterocycles. The SMILES string of the molecule is CC(C)(C)c1nc(N)sc1N1CCOCC1. The van der Waals surface area contributed by atoms with Gasteiger partial charge in [-0.05, 0) is 0 Å². The van der Waals surface area contributed by atoms with Crippen LogP contribution >= 0.6 is 11.3 Å². The number of anilines is 2. The normalized spacial score (nSPS) is 17.8. The molecule has 0 amide bonds. The second-order valence-corrected chi connectivity index (χ2v) is 6.06. The summed E-state index contributed by atoms with van der Waals surface area (Å²) in [6, 6.07) is 0. The molecule has 90 valence electrons. The lowest BCUT2D eigenvalue weighted by atomic mass is 9.92. The number of hydrogen-bond donors (Lipinski definition) is 1. The van der Waals surface area contributed by atoms with Crippen LogP contribution in [-0.4, -0.2) is 31.3 Å². The fourth-order valence-corrected chi connectivity index (χ4v) is 2.89. The number of nitrogen functional groups attached to an aromatic ring is 1. The summed E-state index contributed by atoms with van der Waals surface area (Å²) in [5.41, 5.74) is 6.98. The molecule has 0 bridgehead atoms. The van der Waals surface area contributed by atoms with E-state index in [-0.39, 0.29) is 5.41 Å². The lowest BCUT2D eigenvalue weighted by molar-refractivity contribution is 0.123. The first-order valence-electron chi connectivity index (χ1n) is 5.58. The molecule has 16 heavy (non-hydrogen) atoms. The van der Waals surface area contributed by atoms with E-state index in [9.17, 15) is 0 Å². The first-order chi connectivity index (χ1) is 7.48. The zero-order valence-electron chi connectivity index (χ0n) is 10.1. The van der Waals surface area contributed by atoms with Crippen LogP contribution < -0.4 is 10.6 Å². The standard InChI is InChI=1S/C11H19N3OS/c1-11(2,3)8-9(16-10(12)13-8)14-4-6-15-7-5-14/h4-7H2,1-3H3,(H2,12,13). The summed E-state index contributed by atoms with van der Waals surface area (Å²) in [7, 11) is 0. The summed E-state index contributed by atoms with van der Waals surface area (Å²) in [6.07, 6.45) is 0. The molecule has 1 aliphatic rings. The summed E-state index contributed by atoms with van der Waals surface area (Å²) in [4.78, 5) is 6.80. The molecule has 0 radical (unpaired) electrons. The van der Waals surface area contributed by atoms with Crippen LogP contribution in [-0.2, 0) is 10.2 Å². The molecule has 0 aliphatic carbocycles. The molecule has 0 saturated carbocycles. The van der Waals surface area contributed by atoms with Gasteiger partial charge in [-0.25, -0.2) is 4.98 Å². The topological polar surface area (TPSA) is 51.4 Å². The Balaban J connectivity index is 2.31. The van der Waals surface area contributed by atoms with Gasteiger partial charge in [0.1, 0.15) is 5.00 Å². The molecule has 2 rings (SSSR count). The number of nitrogens with two attached hydrogens (primary N) is 1. The van der Waals surface area contributed by atoms with Crippen LogP contribution in [0.3, 0.4) is 0 Å². The quantitative estimate of drug-likeness (QED) is 0.815. The van der Waals surface area contributed by atoms with Crippen molar-refractivity contribution in [3.05, 3.63) is 5.69 Å². The minimum atomic E-state index is 0.0434. The fourth-order valence-electron chi connectivity index (χ4n) is 1.80. The Hall–Kier alpha value is -0.810. The monoisotopic (exact) mass is 241 g/mol.